The molecule has 1 amide bonds. The summed E-state index contributed by atoms with van der Waals surface area (Å²) in [5, 5.41) is -0.742. The van der Waals surface area contributed by atoms with E-state index in [2.05, 4.69) is 10.5 Å². The molecule has 9 heavy (non-hydrogen) atoms. The molecule has 0 aromatic carbocycles. The zero-order valence-corrected chi connectivity index (χ0v) is 5.51. The van der Waals surface area contributed by atoms with E-state index in [4.69, 9.17) is 11.6 Å². The highest BCUT2D eigenvalue weighted by Gasteiger charge is 2.11. The number of nitrogens with two attached hydrogens (primary N) is 1. The molecule has 2 N–H and O–H groups in total. The Morgan fingerprint density at radius 3 is 2.22 bits per heavy atom. The molecule has 0 aliphatic carbocycles. The van der Waals surface area contributed by atoms with Gasteiger partial charge in [-0.25, -0.2) is 4.79 Å². The summed E-state index contributed by atoms with van der Waals surface area (Å²) in [7, 11) is 0. The summed E-state index contributed by atoms with van der Waals surface area (Å²) in [5.41, 5.74) is 4.56. The minimum absolute atomic E-state index is 0.742. The van der Waals surface area contributed by atoms with Gasteiger partial charge in [0, 0.05) is 0 Å². The maximum atomic E-state index is 10.1. The van der Waals surface area contributed by atoms with Gasteiger partial charge in [-0.1, -0.05) is 0 Å². The topological polar surface area (TPSA) is 69.4 Å². The third kappa shape index (κ3) is 3.78. The summed E-state index contributed by atoms with van der Waals surface area (Å²) < 4.78 is 4.17. The first-order chi connectivity index (χ1) is 4.04. The van der Waals surface area contributed by atoms with Gasteiger partial charge in [0.25, 0.3) is 5.24 Å². The van der Waals surface area contributed by atoms with Crippen LogP contribution in [0.3, 0.4) is 0 Å². The first kappa shape index (κ1) is 8.23. The van der Waals surface area contributed by atoms with Crippen molar-refractivity contribution in [1.82, 2.24) is 0 Å². The standard InChI is InChI=1S/C4H6ClNO3/c1-2(3(5)7)9-4(6)8/h2H,1H3,(H2,6,8). The monoisotopic (exact) mass is 151 g/mol. The van der Waals surface area contributed by atoms with Gasteiger partial charge in [-0.15, -0.1) is 0 Å². The van der Waals surface area contributed by atoms with E-state index in [0.29, 0.717) is 0 Å². The normalized spacial score (nSPS) is 12.2. The van der Waals surface area contributed by atoms with Crippen LogP contribution >= 0.6 is 11.6 Å². The maximum absolute atomic E-state index is 10.1. The van der Waals surface area contributed by atoms with Gasteiger partial charge in [-0.05, 0) is 18.5 Å². The Hall–Kier alpha value is -0.770. The van der Waals surface area contributed by atoms with Gasteiger partial charge < -0.3 is 10.5 Å². The summed E-state index contributed by atoms with van der Waals surface area (Å²) in [6.45, 7) is 1.33. The summed E-state index contributed by atoms with van der Waals surface area (Å²) in [6.07, 6.45) is -1.96. The average Bonchev–Trinajstić information content (AvgIpc) is 1.63. The minimum atomic E-state index is -1.00. The van der Waals surface area contributed by atoms with Crippen LogP contribution < -0.4 is 5.73 Å². The number of carbonyl (C=O) groups excluding carboxylic acids is 2. The van der Waals surface area contributed by atoms with E-state index in [1.54, 1.807) is 0 Å². The van der Waals surface area contributed by atoms with Crippen LogP contribution in [0.25, 0.3) is 0 Å². The van der Waals surface area contributed by atoms with E-state index in [1.807, 2.05) is 0 Å². The number of primary amides is 1. The third-order valence-electron chi connectivity index (χ3n) is 0.613. The molecule has 0 aromatic rings. The zero-order valence-electron chi connectivity index (χ0n) is 4.76. The van der Waals surface area contributed by atoms with Crippen molar-refractivity contribution in [3.05, 3.63) is 0 Å². The van der Waals surface area contributed by atoms with E-state index < -0.39 is 17.4 Å². The fourth-order valence-corrected chi connectivity index (χ4v) is 0.265. The number of hydrogen-bond acceptors (Lipinski definition) is 3. The Labute approximate surface area is 56.9 Å². The quantitative estimate of drug-likeness (QED) is 0.575. The Morgan fingerprint density at radius 2 is 2.11 bits per heavy atom. The number of halogens is 1. The van der Waals surface area contributed by atoms with Crippen molar-refractivity contribution in [2.75, 3.05) is 0 Å². The molecule has 0 saturated heterocycles. The van der Waals surface area contributed by atoms with Crippen LogP contribution in [0.5, 0.6) is 0 Å². The molecule has 0 bridgehead atoms. The number of ether oxygens (including phenoxy) is 1. The summed E-state index contributed by atoms with van der Waals surface area (Å²) in [5.74, 6) is 0. The molecule has 0 fully saturated rings. The molecular formula is C4H6ClNO3. The summed E-state index contributed by atoms with van der Waals surface area (Å²) >= 11 is 4.90. The Balaban J connectivity index is 3.63. The Morgan fingerprint density at radius 1 is 1.67 bits per heavy atom. The molecule has 0 heterocycles. The molecule has 52 valence electrons. The smallest absolute Gasteiger partial charge is 0.405 e. The fourth-order valence-electron chi connectivity index (χ4n) is 0.221. The highest BCUT2D eigenvalue weighted by molar-refractivity contribution is 6.64. The lowest BCUT2D eigenvalue weighted by Crippen LogP contribution is -2.24. The van der Waals surface area contributed by atoms with Crippen molar-refractivity contribution in [3.63, 3.8) is 0 Å². The van der Waals surface area contributed by atoms with Crippen LogP contribution in [0.1, 0.15) is 6.92 Å². The van der Waals surface area contributed by atoms with Gasteiger partial charge in [0.05, 0.1) is 0 Å². The highest BCUT2D eigenvalue weighted by Crippen LogP contribution is 1.94. The van der Waals surface area contributed by atoms with E-state index in [0.717, 1.165) is 0 Å². The fraction of sp³-hybridized carbons (Fsp3) is 0.500. The molecule has 1 atom stereocenters. The second kappa shape index (κ2) is 3.29. The van der Waals surface area contributed by atoms with E-state index in [-0.39, 0.29) is 0 Å². The lowest BCUT2D eigenvalue weighted by atomic mass is 10.5. The maximum Gasteiger partial charge on any atom is 0.405 e. The van der Waals surface area contributed by atoms with Crippen LogP contribution in [-0.2, 0) is 9.53 Å². The second-order valence-electron chi connectivity index (χ2n) is 1.38. The lowest BCUT2D eigenvalue weighted by Gasteiger charge is -2.03. The van der Waals surface area contributed by atoms with Crippen LogP contribution in [0.4, 0.5) is 4.79 Å². The van der Waals surface area contributed by atoms with Gasteiger partial charge in [-0.2, -0.15) is 0 Å². The molecule has 1 unspecified atom stereocenters. The lowest BCUT2D eigenvalue weighted by molar-refractivity contribution is -0.118. The summed E-state index contributed by atoms with van der Waals surface area (Å²) in [6, 6.07) is 0. The largest absolute Gasteiger partial charge is 0.437 e. The predicted molar refractivity (Wildman–Crippen MR) is 31.0 cm³/mol. The average molecular weight is 152 g/mol. The van der Waals surface area contributed by atoms with Crippen molar-refractivity contribution < 1.29 is 14.3 Å². The van der Waals surface area contributed by atoms with Gasteiger partial charge in [-0.3, -0.25) is 4.79 Å². The Kier molecular flexibility index (Phi) is 3.01. The number of rotatable bonds is 2. The third-order valence-corrected chi connectivity index (χ3v) is 0.920. The van der Waals surface area contributed by atoms with Crippen molar-refractivity contribution >= 4 is 22.9 Å². The first-order valence-electron chi connectivity index (χ1n) is 2.19. The summed E-state index contributed by atoms with van der Waals surface area (Å²) in [4.78, 5) is 20.0. The molecule has 4 nitrogen and oxygen atoms in total. The molecule has 0 radical (unpaired) electrons. The van der Waals surface area contributed by atoms with Crippen molar-refractivity contribution in [1.29, 1.82) is 0 Å². The van der Waals surface area contributed by atoms with Gasteiger partial charge in [0.15, 0.2) is 6.10 Å². The molecule has 0 aromatic heterocycles. The molecule has 0 saturated carbocycles. The molecular weight excluding hydrogens is 146 g/mol. The highest BCUT2D eigenvalue weighted by atomic mass is 35.5. The zero-order chi connectivity index (χ0) is 7.44. The predicted octanol–water partition coefficient (Wildman–Crippen LogP) is 0.236. The van der Waals surface area contributed by atoms with Gasteiger partial charge in [0.2, 0.25) is 0 Å². The van der Waals surface area contributed by atoms with Crippen LogP contribution in [0, 0.1) is 0 Å². The molecule has 0 aliphatic heterocycles. The van der Waals surface area contributed by atoms with E-state index in [1.165, 1.54) is 6.92 Å². The molecule has 0 aliphatic rings. The van der Waals surface area contributed by atoms with Crippen molar-refractivity contribution in [3.8, 4) is 0 Å². The van der Waals surface area contributed by atoms with Crippen LogP contribution in [0.2, 0.25) is 0 Å². The SMILES string of the molecule is CC(OC(N)=O)C(=O)Cl. The number of hydrogen-bond donors (Lipinski definition) is 1. The number of carbonyl (C=O) groups is 2. The van der Waals surface area contributed by atoms with E-state index >= 15 is 0 Å². The second-order valence-corrected chi connectivity index (χ2v) is 1.76. The van der Waals surface area contributed by atoms with Gasteiger partial charge in [0.1, 0.15) is 0 Å². The first-order valence-corrected chi connectivity index (χ1v) is 2.57. The molecule has 0 spiro atoms. The van der Waals surface area contributed by atoms with Crippen molar-refractivity contribution in [2.45, 2.75) is 13.0 Å². The minimum Gasteiger partial charge on any atom is -0.437 e. The number of amides is 1. The van der Waals surface area contributed by atoms with Crippen LogP contribution in [-0.4, -0.2) is 17.4 Å². The van der Waals surface area contributed by atoms with Crippen molar-refractivity contribution in [2.24, 2.45) is 5.73 Å². The molecule has 0 rings (SSSR count). The van der Waals surface area contributed by atoms with E-state index in [9.17, 15) is 9.59 Å². The Bertz CT molecular complexity index is 136. The van der Waals surface area contributed by atoms with Crippen LogP contribution in [0.15, 0.2) is 0 Å². The van der Waals surface area contributed by atoms with Gasteiger partial charge >= 0.3 is 6.09 Å². The molecule has 5 heteroatoms.